The Kier molecular flexibility index (Phi) is 4.27. The molecular weight excluding hydrogens is 244 g/mol. The molecule has 2 rings (SSSR count). The average Bonchev–Trinajstić information content (AvgIpc) is 2.40. The Bertz CT molecular complexity index is 462. The molecule has 2 atom stereocenters. The van der Waals surface area contributed by atoms with Gasteiger partial charge in [-0.05, 0) is 37.0 Å². The molecule has 0 bridgehead atoms. The van der Waals surface area contributed by atoms with E-state index in [0.717, 1.165) is 25.7 Å². The second-order valence-electron chi connectivity index (χ2n) is 5.12. The number of carbonyl (C=O) groups excluding carboxylic acids is 1. The SMILES string of the molecule is NC1CCCCC1CNC(=O)c1cc(O)ccc1O. The highest BCUT2D eigenvalue weighted by atomic mass is 16.3. The number of phenolic OH excluding ortho intramolecular Hbond substituents is 2. The zero-order chi connectivity index (χ0) is 13.8. The van der Waals surface area contributed by atoms with Crippen LogP contribution in [-0.4, -0.2) is 28.7 Å². The van der Waals surface area contributed by atoms with Crippen LogP contribution in [0.2, 0.25) is 0 Å². The zero-order valence-corrected chi connectivity index (χ0v) is 10.8. The second kappa shape index (κ2) is 5.93. The van der Waals surface area contributed by atoms with E-state index in [4.69, 9.17) is 5.73 Å². The van der Waals surface area contributed by atoms with Crippen molar-refractivity contribution in [2.45, 2.75) is 31.7 Å². The molecule has 1 amide bonds. The van der Waals surface area contributed by atoms with Crippen molar-refractivity contribution in [2.24, 2.45) is 11.7 Å². The Balaban J connectivity index is 1.95. The first-order valence-electron chi connectivity index (χ1n) is 6.63. The molecule has 1 aromatic rings. The van der Waals surface area contributed by atoms with Gasteiger partial charge in [0.2, 0.25) is 0 Å². The van der Waals surface area contributed by atoms with Gasteiger partial charge in [-0.2, -0.15) is 0 Å². The fourth-order valence-electron chi connectivity index (χ4n) is 2.51. The van der Waals surface area contributed by atoms with Crippen molar-refractivity contribution in [1.29, 1.82) is 0 Å². The molecule has 19 heavy (non-hydrogen) atoms. The van der Waals surface area contributed by atoms with Crippen LogP contribution in [0.5, 0.6) is 11.5 Å². The molecule has 0 radical (unpaired) electrons. The molecule has 0 aromatic heterocycles. The summed E-state index contributed by atoms with van der Waals surface area (Å²) in [6.07, 6.45) is 4.32. The van der Waals surface area contributed by atoms with E-state index in [1.165, 1.54) is 18.2 Å². The smallest absolute Gasteiger partial charge is 0.255 e. The summed E-state index contributed by atoms with van der Waals surface area (Å²) >= 11 is 0. The molecule has 0 heterocycles. The highest BCUT2D eigenvalue weighted by Gasteiger charge is 2.22. The van der Waals surface area contributed by atoms with E-state index in [0.29, 0.717) is 6.54 Å². The van der Waals surface area contributed by atoms with Gasteiger partial charge < -0.3 is 21.3 Å². The van der Waals surface area contributed by atoms with Crippen molar-refractivity contribution in [3.8, 4) is 11.5 Å². The molecule has 1 saturated carbocycles. The molecule has 1 aliphatic rings. The number of aromatic hydroxyl groups is 2. The minimum atomic E-state index is -0.383. The van der Waals surface area contributed by atoms with Crippen molar-refractivity contribution >= 4 is 5.91 Å². The van der Waals surface area contributed by atoms with E-state index in [1.807, 2.05) is 0 Å². The third-order valence-electron chi connectivity index (χ3n) is 3.72. The summed E-state index contributed by atoms with van der Waals surface area (Å²) in [7, 11) is 0. The zero-order valence-electron chi connectivity index (χ0n) is 10.8. The van der Waals surface area contributed by atoms with Crippen molar-refractivity contribution < 1.29 is 15.0 Å². The summed E-state index contributed by atoms with van der Waals surface area (Å²) in [4.78, 5) is 11.9. The Hall–Kier alpha value is -1.75. The monoisotopic (exact) mass is 264 g/mol. The molecule has 5 N–H and O–H groups in total. The minimum Gasteiger partial charge on any atom is -0.508 e. The first-order chi connectivity index (χ1) is 9.08. The Morgan fingerprint density at radius 3 is 2.79 bits per heavy atom. The fraction of sp³-hybridized carbons (Fsp3) is 0.500. The molecule has 1 fully saturated rings. The molecule has 5 nitrogen and oxygen atoms in total. The van der Waals surface area contributed by atoms with E-state index in [2.05, 4.69) is 5.32 Å². The van der Waals surface area contributed by atoms with Crippen LogP contribution >= 0.6 is 0 Å². The molecular formula is C14H20N2O3. The highest BCUT2D eigenvalue weighted by Crippen LogP contribution is 2.24. The molecule has 5 heteroatoms. The predicted molar refractivity (Wildman–Crippen MR) is 72.0 cm³/mol. The summed E-state index contributed by atoms with van der Waals surface area (Å²) in [6, 6.07) is 4.03. The molecule has 0 aliphatic heterocycles. The Labute approximate surface area is 112 Å². The largest absolute Gasteiger partial charge is 0.508 e. The van der Waals surface area contributed by atoms with Gasteiger partial charge in [-0.25, -0.2) is 0 Å². The summed E-state index contributed by atoms with van der Waals surface area (Å²) in [5, 5.41) is 21.7. The van der Waals surface area contributed by atoms with Crippen molar-refractivity contribution in [1.82, 2.24) is 5.32 Å². The lowest BCUT2D eigenvalue weighted by Crippen LogP contribution is -2.41. The lowest BCUT2D eigenvalue weighted by Gasteiger charge is -2.28. The van der Waals surface area contributed by atoms with Gasteiger partial charge in [0, 0.05) is 12.6 Å². The van der Waals surface area contributed by atoms with Gasteiger partial charge in [-0.3, -0.25) is 4.79 Å². The van der Waals surface area contributed by atoms with Crippen LogP contribution in [0.1, 0.15) is 36.0 Å². The number of benzene rings is 1. The number of rotatable bonds is 3. The molecule has 2 unspecified atom stereocenters. The Morgan fingerprint density at radius 2 is 2.05 bits per heavy atom. The van der Waals surface area contributed by atoms with Crippen LogP contribution in [0.25, 0.3) is 0 Å². The summed E-state index contributed by atoms with van der Waals surface area (Å²) in [5.74, 6) is -0.274. The van der Waals surface area contributed by atoms with Gasteiger partial charge in [-0.15, -0.1) is 0 Å². The molecule has 0 saturated heterocycles. The summed E-state index contributed by atoms with van der Waals surface area (Å²) < 4.78 is 0. The number of nitrogens with two attached hydrogens (primary N) is 1. The van der Waals surface area contributed by atoms with Crippen LogP contribution in [-0.2, 0) is 0 Å². The normalized spacial score (nSPS) is 23.0. The average molecular weight is 264 g/mol. The van der Waals surface area contributed by atoms with Crippen LogP contribution in [0.15, 0.2) is 18.2 Å². The topological polar surface area (TPSA) is 95.6 Å². The van der Waals surface area contributed by atoms with Gasteiger partial charge in [0.25, 0.3) is 5.91 Å². The number of hydrogen-bond donors (Lipinski definition) is 4. The highest BCUT2D eigenvalue weighted by molar-refractivity contribution is 5.97. The standard InChI is InChI=1S/C14H20N2O3/c15-12-4-2-1-3-9(12)8-16-14(19)11-7-10(17)5-6-13(11)18/h5-7,9,12,17-18H,1-4,8,15H2,(H,16,19). The summed E-state index contributed by atoms with van der Waals surface area (Å²) in [6.45, 7) is 0.509. The van der Waals surface area contributed by atoms with Gasteiger partial charge in [-0.1, -0.05) is 12.8 Å². The van der Waals surface area contributed by atoms with E-state index >= 15 is 0 Å². The molecule has 1 aromatic carbocycles. The third kappa shape index (κ3) is 3.38. The van der Waals surface area contributed by atoms with Gasteiger partial charge in [0.05, 0.1) is 5.56 Å². The van der Waals surface area contributed by atoms with Gasteiger partial charge >= 0.3 is 0 Å². The molecule has 104 valence electrons. The van der Waals surface area contributed by atoms with E-state index in [9.17, 15) is 15.0 Å². The molecule has 1 aliphatic carbocycles. The Morgan fingerprint density at radius 1 is 1.32 bits per heavy atom. The van der Waals surface area contributed by atoms with Gasteiger partial charge in [0.1, 0.15) is 11.5 Å². The van der Waals surface area contributed by atoms with E-state index in [1.54, 1.807) is 0 Å². The number of nitrogens with one attached hydrogen (secondary N) is 1. The maximum Gasteiger partial charge on any atom is 0.255 e. The maximum absolute atomic E-state index is 11.9. The van der Waals surface area contributed by atoms with Crippen LogP contribution in [0.4, 0.5) is 0 Å². The lowest BCUT2D eigenvalue weighted by atomic mass is 9.85. The lowest BCUT2D eigenvalue weighted by molar-refractivity contribution is 0.0938. The predicted octanol–water partition coefficient (Wildman–Crippen LogP) is 1.35. The first-order valence-corrected chi connectivity index (χ1v) is 6.63. The first kappa shape index (κ1) is 13.7. The fourth-order valence-corrected chi connectivity index (χ4v) is 2.51. The number of amides is 1. The maximum atomic E-state index is 11.9. The van der Waals surface area contributed by atoms with Gasteiger partial charge in [0.15, 0.2) is 0 Å². The van der Waals surface area contributed by atoms with Crippen LogP contribution in [0.3, 0.4) is 0 Å². The van der Waals surface area contributed by atoms with Crippen molar-refractivity contribution in [3.05, 3.63) is 23.8 Å². The third-order valence-corrected chi connectivity index (χ3v) is 3.72. The van der Waals surface area contributed by atoms with Crippen LogP contribution < -0.4 is 11.1 Å². The van der Waals surface area contributed by atoms with Crippen molar-refractivity contribution in [3.63, 3.8) is 0 Å². The number of carbonyl (C=O) groups is 1. The number of hydrogen-bond acceptors (Lipinski definition) is 4. The van der Waals surface area contributed by atoms with Crippen molar-refractivity contribution in [2.75, 3.05) is 6.54 Å². The van der Waals surface area contributed by atoms with E-state index in [-0.39, 0.29) is 34.9 Å². The number of phenols is 2. The second-order valence-corrected chi connectivity index (χ2v) is 5.12. The van der Waals surface area contributed by atoms with E-state index < -0.39 is 0 Å². The minimum absolute atomic E-state index is 0.0442. The summed E-state index contributed by atoms with van der Waals surface area (Å²) in [5.41, 5.74) is 6.10. The van der Waals surface area contributed by atoms with Crippen LogP contribution in [0, 0.1) is 5.92 Å². The molecule has 0 spiro atoms. The quantitative estimate of drug-likeness (QED) is 0.620.